The molecule has 1 aliphatic heterocycles. The van der Waals surface area contributed by atoms with Crippen molar-refractivity contribution in [2.45, 2.75) is 20.4 Å². The predicted molar refractivity (Wildman–Crippen MR) is 135 cm³/mol. The predicted octanol–water partition coefficient (Wildman–Crippen LogP) is 3.71. The number of nitrogens with one attached hydrogen (secondary N) is 2. The van der Waals surface area contributed by atoms with Crippen molar-refractivity contribution >= 4 is 23.3 Å². The number of hydrogen-bond acceptors (Lipinski definition) is 5. The van der Waals surface area contributed by atoms with Crippen LogP contribution in [0.15, 0.2) is 66.9 Å². The van der Waals surface area contributed by atoms with Crippen molar-refractivity contribution in [1.82, 2.24) is 15.2 Å². The lowest BCUT2D eigenvalue weighted by Crippen LogP contribution is -2.45. The van der Waals surface area contributed by atoms with Crippen LogP contribution in [-0.2, 0) is 6.54 Å². The molecule has 7 nitrogen and oxygen atoms in total. The van der Waals surface area contributed by atoms with Crippen LogP contribution in [0.4, 0.5) is 11.5 Å². The third-order valence-corrected chi connectivity index (χ3v) is 6.05. The summed E-state index contributed by atoms with van der Waals surface area (Å²) >= 11 is 0. The number of hydrogen-bond donors (Lipinski definition) is 2. The van der Waals surface area contributed by atoms with E-state index in [0.29, 0.717) is 35.7 Å². The van der Waals surface area contributed by atoms with Crippen LogP contribution >= 0.6 is 0 Å². The van der Waals surface area contributed by atoms with Crippen molar-refractivity contribution in [3.63, 3.8) is 0 Å². The molecule has 2 heterocycles. The van der Waals surface area contributed by atoms with Crippen LogP contribution in [0.3, 0.4) is 0 Å². The van der Waals surface area contributed by atoms with Gasteiger partial charge >= 0.3 is 0 Å². The highest BCUT2D eigenvalue weighted by molar-refractivity contribution is 6.06. The Morgan fingerprint density at radius 2 is 1.74 bits per heavy atom. The van der Waals surface area contributed by atoms with Crippen LogP contribution in [0, 0.1) is 6.92 Å². The van der Waals surface area contributed by atoms with Crippen LogP contribution < -0.4 is 15.5 Å². The molecule has 0 radical (unpaired) electrons. The zero-order valence-electron chi connectivity index (χ0n) is 19.8. The maximum absolute atomic E-state index is 13.7. The van der Waals surface area contributed by atoms with Gasteiger partial charge in [0.2, 0.25) is 0 Å². The van der Waals surface area contributed by atoms with E-state index < -0.39 is 0 Å². The molecule has 0 bridgehead atoms. The zero-order valence-corrected chi connectivity index (χ0v) is 19.8. The number of amides is 2. The SMILES string of the molecule is CCN(Cc1ccccc1)C(=O)c1cc(NC(=O)c2ccccc2C)cnc1N1CCNCC1. The first kappa shape index (κ1) is 23.4. The fourth-order valence-corrected chi connectivity index (χ4v) is 4.14. The van der Waals surface area contributed by atoms with E-state index in [-0.39, 0.29) is 11.8 Å². The molecule has 0 saturated carbocycles. The molecule has 0 unspecified atom stereocenters. The Kier molecular flexibility index (Phi) is 7.54. The Labute approximate surface area is 200 Å². The lowest BCUT2D eigenvalue weighted by Gasteiger charge is -2.31. The average Bonchev–Trinajstić information content (AvgIpc) is 2.88. The van der Waals surface area contributed by atoms with Gasteiger partial charge in [-0.1, -0.05) is 48.5 Å². The topological polar surface area (TPSA) is 77.6 Å². The highest BCUT2D eigenvalue weighted by Crippen LogP contribution is 2.25. The second-order valence-corrected chi connectivity index (χ2v) is 8.41. The molecule has 1 aliphatic rings. The molecule has 4 rings (SSSR count). The number of rotatable bonds is 7. The largest absolute Gasteiger partial charge is 0.353 e. The molecule has 2 aromatic carbocycles. The molecule has 3 aromatic rings. The monoisotopic (exact) mass is 457 g/mol. The molecule has 7 heteroatoms. The number of piperazine rings is 1. The van der Waals surface area contributed by atoms with Gasteiger partial charge in [-0.05, 0) is 37.1 Å². The molecule has 1 saturated heterocycles. The third-order valence-electron chi connectivity index (χ3n) is 6.05. The number of anilines is 2. The first-order valence-corrected chi connectivity index (χ1v) is 11.7. The second kappa shape index (κ2) is 10.9. The van der Waals surface area contributed by atoms with E-state index >= 15 is 0 Å². The maximum Gasteiger partial charge on any atom is 0.257 e. The number of nitrogens with zero attached hydrogens (tertiary/aromatic N) is 3. The molecule has 0 spiro atoms. The van der Waals surface area contributed by atoms with Gasteiger partial charge in [-0.3, -0.25) is 9.59 Å². The second-order valence-electron chi connectivity index (χ2n) is 8.41. The molecule has 1 fully saturated rings. The summed E-state index contributed by atoms with van der Waals surface area (Å²) < 4.78 is 0. The highest BCUT2D eigenvalue weighted by Gasteiger charge is 2.24. The summed E-state index contributed by atoms with van der Waals surface area (Å²) in [5.74, 6) is 0.344. The molecular weight excluding hydrogens is 426 g/mol. The number of benzene rings is 2. The molecule has 2 N–H and O–H groups in total. The van der Waals surface area contributed by atoms with Gasteiger partial charge in [-0.15, -0.1) is 0 Å². The molecule has 1 aromatic heterocycles. The quantitative estimate of drug-likeness (QED) is 0.566. The Hall–Kier alpha value is -3.71. The minimum atomic E-state index is -0.218. The minimum absolute atomic E-state index is 0.0978. The van der Waals surface area contributed by atoms with Crippen molar-refractivity contribution in [3.8, 4) is 0 Å². The summed E-state index contributed by atoms with van der Waals surface area (Å²) in [6, 6.07) is 19.1. The smallest absolute Gasteiger partial charge is 0.257 e. The summed E-state index contributed by atoms with van der Waals surface area (Å²) in [4.78, 5) is 35.2. The van der Waals surface area contributed by atoms with Gasteiger partial charge in [-0.25, -0.2) is 4.98 Å². The van der Waals surface area contributed by atoms with E-state index in [1.54, 1.807) is 18.3 Å². The molecule has 0 aliphatic carbocycles. The molecule has 2 amide bonds. The van der Waals surface area contributed by atoms with Crippen molar-refractivity contribution < 1.29 is 9.59 Å². The molecular formula is C27H31N5O2. The van der Waals surface area contributed by atoms with Crippen molar-refractivity contribution in [3.05, 3.63) is 89.1 Å². The van der Waals surface area contributed by atoms with Gasteiger partial charge < -0.3 is 20.4 Å². The van der Waals surface area contributed by atoms with E-state index in [0.717, 1.165) is 37.3 Å². The van der Waals surface area contributed by atoms with Crippen LogP contribution in [0.5, 0.6) is 0 Å². The van der Waals surface area contributed by atoms with E-state index in [1.165, 1.54) is 0 Å². The Morgan fingerprint density at radius 1 is 1.03 bits per heavy atom. The molecule has 176 valence electrons. The summed E-state index contributed by atoms with van der Waals surface area (Å²) in [5, 5.41) is 6.27. The summed E-state index contributed by atoms with van der Waals surface area (Å²) in [6.07, 6.45) is 1.64. The fraction of sp³-hybridized carbons (Fsp3) is 0.296. The minimum Gasteiger partial charge on any atom is -0.353 e. The van der Waals surface area contributed by atoms with E-state index in [9.17, 15) is 9.59 Å². The summed E-state index contributed by atoms with van der Waals surface area (Å²) in [5.41, 5.74) is 3.56. The van der Waals surface area contributed by atoms with Gasteiger partial charge in [0.1, 0.15) is 5.82 Å². The number of aromatic nitrogens is 1. The van der Waals surface area contributed by atoms with Gasteiger partial charge in [0.05, 0.1) is 17.4 Å². The van der Waals surface area contributed by atoms with Crippen molar-refractivity contribution in [1.29, 1.82) is 0 Å². The summed E-state index contributed by atoms with van der Waals surface area (Å²) in [6.45, 7) is 8.16. The van der Waals surface area contributed by atoms with E-state index in [1.807, 2.05) is 67.3 Å². The van der Waals surface area contributed by atoms with Gasteiger partial charge in [0, 0.05) is 44.8 Å². The van der Waals surface area contributed by atoms with E-state index in [2.05, 4.69) is 20.5 Å². The van der Waals surface area contributed by atoms with Gasteiger partial charge in [0.25, 0.3) is 11.8 Å². The number of carbonyl (C=O) groups is 2. The Morgan fingerprint density at radius 3 is 2.44 bits per heavy atom. The van der Waals surface area contributed by atoms with Crippen LogP contribution in [0.2, 0.25) is 0 Å². The average molecular weight is 458 g/mol. The molecule has 34 heavy (non-hydrogen) atoms. The highest BCUT2D eigenvalue weighted by atomic mass is 16.2. The standard InChI is InChI=1S/C27H31N5O2/c1-3-31(19-21-10-5-4-6-11-21)27(34)24-17-22(18-29-25(24)32-15-13-28-14-16-32)30-26(33)23-12-8-7-9-20(23)2/h4-12,17-18,28H,3,13-16,19H2,1-2H3,(H,30,33). The van der Waals surface area contributed by atoms with Crippen LogP contribution in [0.25, 0.3) is 0 Å². The Bertz CT molecular complexity index is 1140. The number of aryl methyl sites for hydroxylation is 1. The van der Waals surface area contributed by atoms with Crippen LogP contribution in [0.1, 0.15) is 38.8 Å². The molecule has 0 atom stereocenters. The van der Waals surface area contributed by atoms with Crippen LogP contribution in [-0.4, -0.2) is 54.4 Å². The fourth-order valence-electron chi connectivity index (χ4n) is 4.14. The normalized spacial score (nSPS) is 13.4. The summed E-state index contributed by atoms with van der Waals surface area (Å²) in [7, 11) is 0. The Balaban J connectivity index is 1.65. The first-order valence-electron chi connectivity index (χ1n) is 11.7. The zero-order chi connectivity index (χ0) is 23.9. The lowest BCUT2D eigenvalue weighted by atomic mass is 10.1. The van der Waals surface area contributed by atoms with Gasteiger partial charge in [0.15, 0.2) is 0 Å². The number of pyridine rings is 1. The maximum atomic E-state index is 13.7. The lowest BCUT2D eigenvalue weighted by molar-refractivity contribution is 0.0752. The first-order chi connectivity index (χ1) is 16.6. The van der Waals surface area contributed by atoms with Gasteiger partial charge in [-0.2, -0.15) is 0 Å². The van der Waals surface area contributed by atoms with Crippen molar-refractivity contribution in [2.24, 2.45) is 0 Å². The van der Waals surface area contributed by atoms with E-state index in [4.69, 9.17) is 0 Å². The number of carbonyl (C=O) groups excluding carboxylic acids is 2. The third kappa shape index (κ3) is 5.43. The van der Waals surface area contributed by atoms with Crippen molar-refractivity contribution in [2.75, 3.05) is 42.9 Å².